The minimum Gasteiger partial charge on any atom is -0.383 e. The Morgan fingerprint density at radius 2 is 1.76 bits per heavy atom. The zero-order valence-electron chi connectivity index (χ0n) is 9.88. The second-order valence-electron chi connectivity index (χ2n) is 4.02. The maximum Gasteiger partial charge on any atom is 0.149 e. The van der Waals surface area contributed by atoms with Gasteiger partial charge in [-0.1, -0.05) is 0 Å². The average molecular weight is 229 g/mol. The van der Waals surface area contributed by atoms with Gasteiger partial charge in [0.2, 0.25) is 0 Å². The first kappa shape index (κ1) is 11.5. The van der Waals surface area contributed by atoms with Crippen LogP contribution in [0.1, 0.15) is 28.6 Å². The van der Waals surface area contributed by atoms with E-state index in [4.69, 9.17) is 11.5 Å². The molecule has 0 radical (unpaired) electrons. The fourth-order valence-corrected chi connectivity index (χ4v) is 1.69. The number of nitrogens with zero attached hydrogens (tertiary/aromatic N) is 3. The SMILES string of the molecule is Cc1cnc(C(N)c2c(C)ccnc2N)nc1. The number of hydrogen-bond acceptors (Lipinski definition) is 5. The molecule has 2 heterocycles. The Hall–Kier alpha value is -2.01. The molecule has 0 aliphatic heterocycles. The maximum atomic E-state index is 6.12. The smallest absolute Gasteiger partial charge is 0.149 e. The predicted octanol–water partition coefficient (Wildman–Crippen LogP) is 1.12. The standard InChI is InChI=1S/C12H15N5/c1-7-5-16-12(17-6-7)10(13)9-8(2)3-4-15-11(9)14/h3-6,10H,13H2,1-2H3,(H2,14,15). The summed E-state index contributed by atoms with van der Waals surface area (Å²) < 4.78 is 0. The first-order chi connectivity index (χ1) is 8.09. The van der Waals surface area contributed by atoms with Crippen LogP contribution in [0.5, 0.6) is 0 Å². The van der Waals surface area contributed by atoms with E-state index in [0.29, 0.717) is 11.6 Å². The number of pyridine rings is 1. The van der Waals surface area contributed by atoms with Crippen LogP contribution in [-0.2, 0) is 0 Å². The summed E-state index contributed by atoms with van der Waals surface area (Å²) in [6, 6.07) is 1.43. The molecule has 0 saturated heterocycles. The summed E-state index contributed by atoms with van der Waals surface area (Å²) in [4.78, 5) is 12.5. The van der Waals surface area contributed by atoms with Crippen molar-refractivity contribution >= 4 is 5.82 Å². The predicted molar refractivity (Wildman–Crippen MR) is 66.2 cm³/mol. The zero-order valence-corrected chi connectivity index (χ0v) is 9.88. The third kappa shape index (κ3) is 2.24. The summed E-state index contributed by atoms with van der Waals surface area (Å²) in [5, 5.41) is 0. The monoisotopic (exact) mass is 229 g/mol. The van der Waals surface area contributed by atoms with E-state index in [0.717, 1.165) is 16.7 Å². The van der Waals surface area contributed by atoms with Crippen molar-refractivity contribution in [1.82, 2.24) is 15.0 Å². The van der Waals surface area contributed by atoms with E-state index >= 15 is 0 Å². The number of aryl methyl sites for hydroxylation is 2. The molecule has 0 fully saturated rings. The van der Waals surface area contributed by atoms with E-state index < -0.39 is 6.04 Å². The normalized spacial score (nSPS) is 12.4. The average Bonchev–Trinajstić information content (AvgIpc) is 2.29. The minimum atomic E-state index is -0.440. The Morgan fingerprint density at radius 3 is 2.35 bits per heavy atom. The molecule has 4 N–H and O–H groups in total. The van der Waals surface area contributed by atoms with Gasteiger partial charge in [0.25, 0.3) is 0 Å². The Labute approximate surface area is 99.9 Å². The van der Waals surface area contributed by atoms with Crippen LogP contribution < -0.4 is 11.5 Å². The van der Waals surface area contributed by atoms with Crippen LogP contribution in [0.15, 0.2) is 24.7 Å². The van der Waals surface area contributed by atoms with Crippen LogP contribution in [0.4, 0.5) is 5.82 Å². The molecular weight excluding hydrogens is 214 g/mol. The van der Waals surface area contributed by atoms with Gasteiger partial charge in [-0.05, 0) is 31.0 Å². The quantitative estimate of drug-likeness (QED) is 0.805. The van der Waals surface area contributed by atoms with Crippen molar-refractivity contribution in [3.63, 3.8) is 0 Å². The van der Waals surface area contributed by atoms with E-state index in [1.807, 2.05) is 19.9 Å². The first-order valence-electron chi connectivity index (χ1n) is 5.34. The summed E-state index contributed by atoms with van der Waals surface area (Å²) in [5.41, 5.74) is 14.7. The van der Waals surface area contributed by atoms with Crippen LogP contribution in [0.25, 0.3) is 0 Å². The van der Waals surface area contributed by atoms with E-state index in [2.05, 4.69) is 15.0 Å². The van der Waals surface area contributed by atoms with Gasteiger partial charge in [0.1, 0.15) is 11.6 Å². The molecular formula is C12H15N5. The molecule has 2 aromatic rings. The molecule has 0 amide bonds. The zero-order chi connectivity index (χ0) is 12.4. The van der Waals surface area contributed by atoms with Crippen LogP contribution in [0.2, 0.25) is 0 Å². The van der Waals surface area contributed by atoms with Gasteiger partial charge in [-0.3, -0.25) is 0 Å². The molecule has 0 aliphatic carbocycles. The maximum absolute atomic E-state index is 6.12. The number of rotatable bonds is 2. The lowest BCUT2D eigenvalue weighted by atomic mass is 10.0. The van der Waals surface area contributed by atoms with E-state index in [1.165, 1.54) is 0 Å². The lowest BCUT2D eigenvalue weighted by Gasteiger charge is -2.14. The first-order valence-corrected chi connectivity index (χ1v) is 5.34. The van der Waals surface area contributed by atoms with Crippen LogP contribution in [0.3, 0.4) is 0 Å². The molecule has 0 saturated carbocycles. The molecule has 2 aromatic heterocycles. The van der Waals surface area contributed by atoms with E-state index in [1.54, 1.807) is 18.6 Å². The van der Waals surface area contributed by atoms with Crippen LogP contribution in [0, 0.1) is 13.8 Å². The lowest BCUT2D eigenvalue weighted by Crippen LogP contribution is -2.18. The summed E-state index contributed by atoms with van der Waals surface area (Å²) >= 11 is 0. The van der Waals surface area contributed by atoms with Crippen molar-refractivity contribution in [3.05, 3.63) is 47.2 Å². The highest BCUT2D eigenvalue weighted by Gasteiger charge is 2.17. The summed E-state index contributed by atoms with van der Waals surface area (Å²) in [5.74, 6) is 0.986. The molecule has 5 nitrogen and oxygen atoms in total. The Kier molecular flexibility index (Phi) is 3.01. The van der Waals surface area contributed by atoms with Gasteiger partial charge < -0.3 is 11.5 Å². The summed E-state index contributed by atoms with van der Waals surface area (Å²) in [7, 11) is 0. The van der Waals surface area contributed by atoms with Gasteiger partial charge in [0, 0.05) is 24.2 Å². The number of hydrogen-bond donors (Lipinski definition) is 2. The van der Waals surface area contributed by atoms with E-state index in [-0.39, 0.29) is 0 Å². The van der Waals surface area contributed by atoms with Gasteiger partial charge in [-0.25, -0.2) is 15.0 Å². The van der Waals surface area contributed by atoms with Crippen molar-refractivity contribution in [2.45, 2.75) is 19.9 Å². The second-order valence-corrected chi connectivity index (χ2v) is 4.02. The van der Waals surface area contributed by atoms with Crippen molar-refractivity contribution < 1.29 is 0 Å². The van der Waals surface area contributed by atoms with Gasteiger partial charge in [-0.2, -0.15) is 0 Å². The van der Waals surface area contributed by atoms with Gasteiger partial charge in [-0.15, -0.1) is 0 Å². The van der Waals surface area contributed by atoms with Crippen LogP contribution >= 0.6 is 0 Å². The second kappa shape index (κ2) is 4.47. The summed E-state index contributed by atoms with van der Waals surface area (Å²) in [6.07, 6.45) is 5.14. The molecule has 1 atom stereocenters. The highest BCUT2D eigenvalue weighted by atomic mass is 14.9. The van der Waals surface area contributed by atoms with Crippen molar-refractivity contribution in [2.24, 2.45) is 5.73 Å². The van der Waals surface area contributed by atoms with Crippen LogP contribution in [-0.4, -0.2) is 15.0 Å². The number of nitrogens with two attached hydrogens (primary N) is 2. The molecule has 0 aromatic carbocycles. The van der Waals surface area contributed by atoms with Gasteiger partial charge in [0.15, 0.2) is 0 Å². The highest BCUT2D eigenvalue weighted by Crippen LogP contribution is 2.23. The molecule has 0 bridgehead atoms. The topological polar surface area (TPSA) is 90.7 Å². The number of anilines is 1. The fraction of sp³-hybridized carbons (Fsp3) is 0.250. The number of nitrogen functional groups attached to an aromatic ring is 1. The van der Waals surface area contributed by atoms with E-state index in [9.17, 15) is 0 Å². The third-order valence-electron chi connectivity index (χ3n) is 2.63. The molecule has 88 valence electrons. The van der Waals surface area contributed by atoms with Crippen molar-refractivity contribution in [1.29, 1.82) is 0 Å². The third-order valence-corrected chi connectivity index (χ3v) is 2.63. The fourth-order valence-electron chi connectivity index (χ4n) is 1.69. The molecule has 17 heavy (non-hydrogen) atoms. The molecule has 1 unspecified atom stereocenters. The van der Waals surface area contributed by atoms with Gasteiger partial charge >= 0.3 is 0 Å². The highest BCUT2D eigenvalue weighted by molar-refractivity contribution is 5.47. The Balaban J connectivity index is 2.43. The largest absolute Gasteiger partial charge is 0.383 e. The molecule has 0 aliphatic rings. The van der Waals surface area contributed by atoms with Gasteiger partial charge in [0.05, 0.1) is 6.04 Å². The molecule has 5 heteroatoms. The molecule has 2 rings (SSSR count). The lowest BCUT2D eigenvalue weighted by molar-refractivity contribution is 0.770. The summed E-state index contributed by atoms with van der Waals surface area (Å²) in [6.45, 7) is 3.88. The number of aromatic nitrogens is 3. The molecule has 0 spiro atoms. The Bertz CT molecular complexity index is 501. The van der Waals surface area contributed by atoms with Crippen molar-refractivity contribution in [3.8, 4) is 0 Å². The van der Waals surface area contributed by atoms with Crippen molar-refractivity contribution in [2.75, 3.05) is 5.73 Å². The Morgan fingerprint density at radius 1 is 1.12 bits per heavy atom. The minimum absolute atomic E-state index is 0.432.